The van der Waals surface area contributed by atoms with Crippen LogP contribution in [-0.4, -0.2) is 22.8 Å². The molecule has 0 aromatic heterocycles. The van der Waals surface area contributed by atoms with Crippen LogP contribution in [0.3, 0.4) is 0 Å². The Bertz CT molecular complexity index is 990. The number of phenols is 2. The molecule has 0 spiro atoms. The number of para-hydroxylation sites is 1. The van der Waals surface area contributed by atoms with E-state index in [-0.39, 0.29) is 11.9 Å². The minimum absolute atomic E-state index is 0.0879. The molecule has 4 N–H and O–H groups in total. The second kappa shape index (κ2) is 10.2. The Morgan fingerprint density at radius 1 is 0.812 bits per heavy atom. The fourth-order valence-electron chi connectivity index (χ4n) is 4.11. The van der Waals surface area contributed by atoms with Crippen molar-refractivity contribution in [3.8, 4) is 11.5 Å². The topological polar surface area (TPSA) is 81.6 Å². The molecule has 5 nitrogen and oxygen atoms in total. The number of nitrogens with one attached hydrogen (secondary N) is 2. The quantitative estimate of drug-likeness (QED) is 0.342. The number of phenolic OH excluding ortho intramolecular Hbond substituents is 2. The summed E-state index contributed by atoms with van der Waals surface area (Å²) in [5.41, 5.74) is 6.38. The van der Waals surface area contributed by atoms with Gasteiger partial charge in [-0.25, -0.2) is 4.79 Å². The Balaban J connectivity index is 1.74. The zero-order valence-corrected chi connectivity index (χ0v) is 19.2. The minimum atomic E-state index is -0.222. The van der Waals surface area contributed by atoms with Crippen molar-refractivity contribution in [2.75, 3.05) is 11.9 Å². The van der Waals surface area contributed by atoms with Gasteiger partial charge in [-0.05, 0) is 86.1 Å². The van der Waals surface area contributed by atoms with E-state index in [0.717, 1.165) is 51.9 Å². The average molecular weight is 433 g/mol. The number of amides is 2. The number of carbonyl (C=O) groups is 1. The van der Waals surface area contributed by atoms with Gasteiger partial charge in [0, 0.05) is 18.2 Å². The standard InChI is InChI=1S/C27H32N2O3/c1-17-13-21(14-18(2)25(17)30)24(22-15-19(3)26(31)20(4)16-22)11-8-12-28-27(32)29-23-9-6-5-7-10-23/h5-7,9-10,13-16,24,30-31H,8,11-12H2,1-4H3,(H2,28,29,32). The summed E-state index contributed by atoms with van der Waals surface area (Å²) in [6, 6.07) is 17.2. The number of hydrogen-bond acceptors (Lipinski definition) is 3. The van der Waals surface area contributed by atoms with Crippen molar-refractivity contribution in [2.45, 2.75) is 46.5 Å². The first-order chi connectivity index (χ1) is 15.3. The summed E-state index contributed by atoms with van der Waals surface area (Å²) in [5.74, 6) is 0.736. The molecule has 0 atom stereocenters. The highest BCUT2D eigenvalue weighted by Crippen LogP contribution is 2.36. The molecule has 32 heavy (non-hydrogen) atoms. The first-order valence-corrected chi connectivity index (χ1v) is 11.0. The number of anilines is 1. The molecule has 0 radical (unpaired) electrons. The first kappa shape index (κ1) is 23.2. The van der Waals surface area contributed by atoms with Crippen molar-refractivity contribution in [2.24, 2.45) is 0 Å². The summed E-state index contributed by atoms with van der Waals surface area (Å²) in [7, 11) is 0. The lowest BCUT2D eigenvalue weighted by molar-refractivity contribution is 0.252. The predicted octanol–water partition coefficient (Wildman–Crippen LogP) is 6.07. The summed E-state index contributed by atoms with van der Waals surface area (Å²) in [5, 5.41) is 26.2. The fourth-order valence-corrected chi connectivity index (χ4v) is 4.11. The number of aryl methyl sites for hydroxylation is 4. The van der Waals surface area contributed by atoms with Gasteiger partial charge < -0.3 is 20.8 Å². The van der Waals surface area contributed by atoms with E-state index in [1.54, 1.807) is 0 Å². The van der Waals surface area contributed by atoms with Crippen molar-refractivity contribution < 1.29 is 15.0 Å². The number of rotatable bonds is 7. The molecule has 0 saturated carbocycles. The molecule has 0 unspecified atom stereocenters. The van der Waals surface area contributed by atoms with Crippen LogP contribution in [0.1, 0.15) is 52.1 Å². The molecule has 0 aliphatic rings. The lowest BCUT2D eigenvalue weighted by Gasteiger charge is -2.22. The maximum atomic E-state index is 12.2. The van der Waals surface area contributed by atoms with E-state index in [1.807, 2.05) is 82.3 Å². The lowest BCUT2D eigenvalue weighted by atomic mass is 9.84. The van der Waals surface area contributed by atoms with Gasteiger partial charge in [-0.1, -0.05) is 42.5 Å². The maximum Gasteiger partial charge on any atom is 0.319 e. The molecular weight excluding hydrogens is 400 g/mol. The first-order valence-electron chi connectivity index (χ1n) is 11.0. The third kappa shape index (κ3) is 5.61. The van der Waals surface area contributed by atoms with Gasteiger partial charge in [-0.15, -0.1) is 0 Å². The van der Waals surface area contributed by atoms with Crippen LogP contribution < -0.4 is 10.6 Å². The van der Waals surface area contributed by atoms with Crippen LogP contribution in [-0.2, 0) is 0 Å². The van der Waals surface area contributed by atoms with Gasteiger partial charge in [0.05, 0.1) is 0 Å². The van der Waals surface area contributed by atoms with Crippen LogP contribution in [0, 0.1) is 27.7 Å². The monoisotopic (exact) mass is 432 g/mol. The Morgan fingerprint density at radius 2 is 1.28 bits per heavy atom. The molecule has 3 aromatic rings. The highest BCUT2D eigenvalue weighted by atomic mass is 16.3. The average Bonchev–Trinajstić information content (AvgIpc) is 2.76. The highest BCUT2D eigenvalue weighted by Gasteiger charge is 2.18. The van der Waals surface area contributed by atoms with E-state index in [0.29, 0.717) is 18.0 Å². The number of carbonyl (C=O) groups excluding carboxylic acids is 1. The van der Waals surface area contributed by atoms with Crippen LogP contribution >= 0.6 is 0 Å². The second-order valence-corrected chi connectivity index (χ2v) is 8.45. The fraction of sp³-hybridized carbons (Fsp3) is 0.296. The zero-order valence-electron chi connectivity index (χ0n) is 19.2. The summed E-state index contributed by atoms with van der Waals surface area (Å²) in [4.78, 5) is 12.2. The molecule has 3 rings (SSSR count). The van der Waals surface area contributed by atoms with Crippen LogP contribution in [0.2, 0.25) is 0 Å². The molecular formula is C27H32N2O3. The maximum absolute atomic E-state index is 12.2. The molecule has 5 heteroatoms. The summed E-state index contributed by atoms with van der Waals surface area (Å²) >= 11 is 0. The van der Waals surface area contributed by atoms with E-state index >= 15 is 0 Å². The molecule has 0 saturated heterocycles. The Hall–Kier alpha value is -3.47. The van der Waals surface area contributed by atoms with Crippen molar-refractivity contribution in [3.05, 3.63) is 88.0 Å². The van der Waals surface area contributed by atoms with E-state index in [1.165, 1.54) is 0 Å². The van der Waals surface area contributed by atoms with Crippen molar-refractivity contribution in [1.29, 1.82) is 0 Å². The smallest absolute Gasteiger partial charge is 0.319 e. The summed E-state index contributed by atoms with van der Waals surface area (Å²) in [6.07, 6.45) is 1.60. The van der Waals surface area contributed by atoms with Gasteiger partial charge in [-0.2, -0.15) is 0 Å². The Morgan fingerprint density at radius 3 is 1.75 bits per heavy atom. The molecule has 3 aromatic carbocycles. The molecule has 0 aliphatic heterocycles. The molecule has 2 amide bonds. The number of hydrogen-bond donors (Lipinski definition) is 4. The van der Waals surface area contributed by atoms with E-state index in [9.17, 15) is 15.0 Å². The highest BCUT2D eigenvalue weighted by molar-refractivity contribution is 5.89. The van der Waals surface area contributed by atoms with Gasteiger partial charge in [0.25, 0.3) is 0 Å². The second-order valence-electron chi connectivity index (χ2n) is 8.45. The number of urea groups is 1. The van der Waals surface area contributed by atoms with Crippen LogP contribution in [0.4, 0.5) is 10.5 Å². The van der Waals surface area contributed by atoms with E-state index in [2.05, 4.69) is 10.6 Å². The normalized spacial score (nSPS) is 10.9. The predicted molar refractivity (Wildman–Crippen MR) is 130 cm³/mol. The Labute approximate surface area is 190 Å². The van der Waals surface area contributed by atoms with Gasteiger partial charge >= 0.3 is 6.03 Å². The summed E-state index contributed by atoms with van der Waals surface area (Å²) in [6.45, 7) is 8.18. The van der Waals surface area contributed by atoms with Gasteiger partial charge in [0.1, 0.15) is 11.5 Å². The third-order valence-corrected chi connectivity index (χ3v) is 5.82. The van der Waals surface area contributed by atoms with E-state index in [4.69, 9.17) is 0 Å². The molecule has 0 heterocycles. The van der Waals surface area contributed by atoms with Crippen LogP contribution in [0.15, 0.2) is 54.6 Å². The molecule has 0 fully saturated rings. The summed E-state index contributed by atoms with van der Waals surface area (Å²) < 4.78 is 0. The number of aromatic hydroxyl groups is 2. The van der Waals surface area contributed by atoms with Crippen LogP contribution in [0.25, 0.3) is 0 Å². The van der Waals surface area contributed by atoms with Gasteiger partial charge in [-0.3, -0.25) is 0 Å². The third-order valence-electron chi connectivity index (χ3n) is 5.82. The van der Waals surface area contributed by atoms with Crippen molar-refractivity contribution in [3.63, 3.8) is 0 Å². The minimum Gasteiger partial charge on any atom is -0.507 e. The molecule has 168 valence electrons. The molecule has 0 bridgehead atoms. The largest absolute Gasteiger partial charge is 0.507 e. The van der Waals surface area contributed by atoms with Gasteiger partial charge in [0.2, 0.25) is 0 Å². The van der Waals surface area contributed by atoms with Gasteiger partial charge in [0.15, 0.2) is 0 Å². The number of benzene rings is 3. The van der Waals surface area contributed by atoms with Crippen molar-refractivity contribution >= 4 is 11.7 Å². The zero-order chi connectivity index (χ0) is 23.3. The lowest BCUT2D eigenvalue weighted by Crippen LogP contribution is -2.29. The van der Waals surface area contributed by atoms with Crippen molar-refractivity contribution in [1.82, 2.24) is 5.32 Å². The van der Waals surface area contributed by atoms with E-state index < -0.39 is 0 Å². The molecule has 0 aliphatic carbocycles. The van der Waals surface area contributed by atoms with Crippen LogP contribution in [0.5, 0.6) is 11.5 Å². The SMILES string of the molecule is Cc1cc(C(CCCNC(=O)Nc2ccccc2)c2cc(C)c(O)c(C)c2)cc(C)c1O. The Kier molecular flexibility index (Phi) is 7.41.